The zero-order chi connectivity index (χ0) is 25.7. The van der Waals surface area contributed by atoms with Crippen molar-refractivity contribution in [2.75, 3.05) is 25.2 Å². The molecule has 0 saturated heterocycles. The molecule has 0 spiro atoms. The number of Topliss-reactive ketones (excluding diaryl/α,β-unsaturated/α-hetero) is 1. The summed E-state index contributed by atoms with van der Waals surface area (Å²) in [4.78, 5) is 28.7. The van der Waals surface area contributed by atoms with E-state index in [1.165, 1.54) is 4.90 Å². The molecule has 9 heteroatoms. The molecule has 4 aromatic rings. The van der Waals surface area contributed by atoms with Crippen molar-refractivity contribution < 1.29 is 33.3 Å². The molecule has 3 heterocycles. The van der Waals surface area contributed by atoms with Gasteiger partial charge in [-0.3, -0.25) is 14.5 Å². The van der Waals surface area contributed by atoms with Gasteiger partial charge in [0.15, 0.2) is 23.0 Å². The second-order valence-electron chi connectivity index (χ2n) is 8.56. The fraction of sp³-hybridized carbons (Fsp3) is 0.143. The summed E-state index contributed by atoms with van der Waals surface area (Å²) in [6.07, 6.45) is 0. The fourth-order valence-electron chi connectivity index (χ4n) is 4.65. The molecule has 1 aromatic heterocycles. The molecule has 3 aromatic carbocycles. The number of ketones is 1. The molecule has 2 aliphatic rings. The molecular weight excluding hydrogens is 542 g/mol. The van der Waals surface area contributed by atoms with Crippen LogP contribution >= 0.6 is 15.9 Å². The van der Waals surface area contributed by atoms with Gasteiger partial charge in [-0.1, -0.05) is 28.1 Å². The van der Waals surface area contributed by atoms with Gasteiger partial charge in [0, 0.05) is 21.6 Å². The van der Waals surface area contributed by atoms with E-state index in [-0.39, 0.29) is 11.3 Å². The van der Waals surface area contributed by atoms with Crippen LogP contribution in [-0.4, -0.2) is 37.1 Å². The first-order valence-corrected chi connectivity index (χ1v) is 12.3. The summed E-state index contributed by atoms with van der Waals surface area (Å²) in [6, 6.07) is 18.1. The zero-order valence-electron chi connectivity index (χ0n) is 19.6. The topological polar surface area (TPSA) is 98.4 Å². The number of methoxy groups -OCH3 is 1. The van der Waals surface area contributed by atoms with E-state index in [0.29, 0.717) is 52.7 Å². The standard InChI is InChI=1S/C28H20BrNO7/c1-34-19-6-2-15(3-7-19)25-24(26(31)23-13-16-12-17(29)4-8-20(16)37-23)27(32)28(33)30(25)18-5-9-21-22(14-18)36-11-10-35-21/h2-9,12-14,25,32H,10-11H2,1H3. The number of fused-ring (bicyclic) bond motifs is 2. The summed E-state index contributed by atoms with van der Waals surface area (Å²) in [5, 5.41) is 11.8. The summed E-state index contributed by atoms with van der Waals surface area (Å²) in [7, 11) is 1.55. The van der Waals surface area contributed by atoms with Crippen molar-refractivity contribution in [1.82, 2.24) is 0 Å². The van der Waals surface area contributed by atoms with Crippen molar-refractivity contribution in [1.29, 1.82) is 0 Å². The summed E-state index contributed by atoms with van der Waals surface area (Å²) < 4.78 is 23.2. The monoisotopic (exact) mass is 561 g/mol. The van der Waals surface area contributed by atoms with Gasteiger partial charge in [-0.15, -0.1) is 0 Å². The Labute approximate surface area is 219 Å². The highest BCUT2D eigenvalue weighted by Gasteiger charge is 2.45. The van der Waals surface area contributed by atoms with E-state index in [1.807, 2.05) is 6.07 Å². The molecule has 1 amide bonds. The maximum Gasteiger partial charge on any atom is 0.294 e. The fourth-order valence-corrected chi connectivity index (χ4v) is 5.02. The van der Waals surface area contributed by atoms with Crippen LogP contribution in [-0.2, 0) is 4.79 Å². The van der Waals surface area contributed by atoms with Crippen LogP contribution in [0.4, 0.5) is 5.69 Å². The Morgan fingerprint density at radius 1 is 1.00 bits per heavy atom. The largest absolute Gasteiger partial charge is 0.503 e. The number of furan rings is 1. The number of halogens is 1. The number of aliphatic hydroxyl groups is 1. The van der Waals surface area contributed by atoms with E-state index in [1.54, 1.807) is 67.8 Å². The van der Waals surface area contributed by atoms with Crippen LogP contribution in [0.3, 0.4) is 0 Å². The van der Waals surface area contributed by atoms with Gasteiger partial charge < -0.3 is 23.7 Å². The van der Waals surface area contributed by atoms with Gasteiger partial charge in [0.05, 0.1) is 18.7 Å². The molecule has 0 radical (unpaired) electrons. The average Bonchev–Trinajstić information content (AvgIpc) is 3.46. The third-order valence-corrected chi connectivity index (χ3v) is 6.88. The van der Waals surface area contributed by atoms with Crippen LogP contribution in [0.25, 0.3) is 11.0 Å². The third kappa shape index (κ3) is 3.92. The van der Waals surface area contributed by atoms with E-state index in [2.05, 4.69) is 15.9 Å². The lowest BCUT2D eigenvalue weighted by Gasteiger charge is -2.28. The van der Waals surface area contributed by atoms with Gasteiger partial charge in [-0.2, -0.15) is 0 Å². The number of benzene rings is 3. The summed E-state index contributed by atoms with van der Waals surface area (Å²) in [6.45, 7) is 0.806. The van der Waals surface area contributed by atoms with Crippen molar-refractivity contribution >= 4 is 44.3 Å². The maximum atomic E-state index is 13.8. The van der Waals surface area contributed by atoms with E-state index in [0.717, 1.165) is 4.47 Å². The highest BCUT2D eigenvalue weighted by molar-refractivity contribution is 9.10. The zero-order valence-corrected chi connectivity index (χ0v) is 21.2. The molecule has 1 atom stereocenters. The minimum atomic E-state index is -0.923. The lowest BCUT2D eigenvalue weighted by molar-refractivity contribution is -0.117. The molecule has 2 aliphatic heterocycles. The van der Waals surface area contributed by atoms with Crippen molar-refractivity contribution in [2.45, 2.75) is 6.04 Å². The number of ether oxygens (including phenoxy) is 3. The van der Waals surface area contributed by atoms with Crippen LogP contribution in [0.1, 0.15) is 22.2 Å². The predicted octanol–water partition coefficient (Wildman–Crippen LogP) is 5.76. The van der Waals surface area contributed by atoms with Crippen molar-refractivity contribution in [2.24, 2.45) is 0 Å². The van der Waals surface area contributed by atoms with E-state index < -0.39 is 23.5 Å². The van der Waals surface area contributed by atoms with Crippen LogP contribution in [0, 0.1) is 0 Å². The number of amides is 1. The van der Waals surface area contributed by atoms with Crippen LogP contribution in [0.15, 0.2) is 87.0 Å². The van der Waals surface area contributed by atoms with Gasteiger partial charge in [-0.05, 0) is 54.1 Å². The van der Waals surface area contributed by atoms with Gasteiger partial charge in [0.25, 0.3) is 5.91 Å². The molecule has 1 unspecified atom stereocenters. The predicted molar refractivity (Wildman–Crippen MR) is 139 cm³/mol. The molecule has 6 rings (SSSR count). The molecule has 0 fully saturated rings. The Hall–Kier alpha value is -4.24. The number of aliphatic hydroxyl groups excluding tert-OH is 1. The number of carbonyl (C=O) groups excluding carboxylic acids is 2. The Kier molecular flexibility index (Phi) is 5.64. The number of hydrogen-bond acceptors (Lipinski definition) is 7. The number of rotatable bonds is 5. The van der Waals surface area contributed by atoms with Crippen LogP contribution < -0.4 is 19.1 Å². The molecular formula is C28H20BrNO7. The quantitative estimate of drug-likeness (QED) is 0.309. The highest BCUT2D eigenvalue weighted by atomic mass is 79.9. The second kappa shape index (κ2) is 9.01. The van der Waals surface area contributed by atoms with E-state index >= 15 is 0 Å². The lowest BCUT2D eigenvalue weighted by atomic mass is 9.94. The normalized spacial score (nSPS) is 17.0. The minimum absolute atomic E-state index is 0.0185. The molecule has 0 aliphatic carbocycles. The molecule has 0 bridgehead atoms. The number of carbonyl (C=O) groups is 2. The van der Waals surface area contributed by atoms with Gasteiger partial charge in [0.2, 0.25) is 5.78 Å². The Balaban J connectivity index is 1.48. The van der Waals surface area contributed by atoms with Crippen molar-refractivity contribution in [3.8, 4) is 17.2 Å². The summed E-state index contributed by atoms with van der Waals surface area (Å²) in [5.41, 5.74) is 1.48. The van der Waals surface area contributed by atoms with E-state index in [4.69, 9.17) is 18.6 Å². The van der Waals surface area contributed by atoms with Gasteiger partial charge in [0.1, 0.15) is 24.5 Å². The Bertz CT molecular complexity index is 1590. The second-order valence-corrected chi connectivity index (χ2v) is 9.48. The first kappa shape index (κ1) is 23.2. The lowest BCUT2D eigenvalue weighted by Crippen LogP contribution is -2.31. The maximum absolute atomic E-state index is 13.8. The average molecular weight is 562 g/mol. The molecule has 186 valence electrons. The van der Waals surface area contributed by atoms with Crippen LogP contribution in [0.5, 0.6) is 17.2 Å². The third-order valence-electron chi connectivity index (χ3n) is 6.39. The van der Waals surface area contributed by atoms with Gasteiger partial charge >= 0.3 is 0 Å². The van der Waals surface area contributed by atoms with Crippen molar-refractivity contribution in [3.63, 3.8) is 0 Å². The first-order chi connectivity index (χ1) is 17.9. The molecule has 0 saturated carbocycles. The van der Waals surface area contributed by atoms with E-state index in [9.17, 15) is 14.7 Å². The van der Waals surface area contributed by atoms with Gasteiger partial charge in [-0.25, -0.2) is 0 Å². The smallest absolute Gasteiger partial charge is 0.294 e. The molecule has 1 N–H and O–H groups in total. The molecule has 37 heavy (non-hydrogen) atoms. The summed E-state index contributed by atoms with van der Waals surface area (Å²) in [5.74, 6) is -0.259. The highest BCUT2D eigenvalue weighted by Crippen LogP contribution is 2.45. The van der Waals surface area contributed by atoms with Crippen LogP contribution in [0.2, 0.25) is 0 Å². The minimum Gasteiger partial charge on any atom is -0.503 e. The molecule has 8 nitrogen and oxygen atoms in total. The number of hydrogen-bond donors (Lipinski definition) is 1. The number of nitrogens with zero attached hydrogens (tertiary/aromatic N) is 1. The first-order valence-electron chi connectivity index (χ1n) is 11.5. The van der Waals surface area contributed by atoms with Crippen molar-refractivity contribution in [3.05, 3.63) is 93.9 Å². The summed E-state index contributed by atoms with van der Waals surface area (Å²) >= 11 is 3.42. The SMILES string of the molecule is COc1ccc(C2C(C(=O)c3cc4cc(Br)ccc4o3)=C(O)C(=O)N2c2ccc3c(c2)OCCO3)cc1. The Morgan fingerprint density at radius 3 is 2.51 bits per heavy atom. The Morgan fingerprint density at radius 2 is 1.76 bits per heavy atom. The number of anilines is 1.